The highest BCUT2D eigenvalue weighted by atomic mass is 19.1. The summed E-state index contributed by atoms with van der Waals surface area (Å²) >= 11 is 0. The molecule has 4 heteroatoms. The van der Waals surface area contributed by atoms with Gasteiger partial charge in [-0.2, -0.15) is 0 Å². The summed E-state index contributed by atoms with van der Waals surface area (Å²) in [5, 5.41) is 12.4. The molecule has 16 heavy (non-hydrogen) atoms. The van der Waals surface area contributed by atoms with Crippen LogP contribution in [0.3, 0.4) is 0 Å². The molecule has 0 aliphatic rings. The predicted molar refractivity (Wildman–Crippen MR) is 61.0 cm³/mol. The number of halogens is 1. The molecule has 1 atom stereocenters. The summed E-state index contributed by atoms with van der Waals surface area (Å²) in [6.45, 7) is 4.61. The van der Waals surface area contributed by atoms with E-state index in [-0.39, 0.29) is 12.4 Å². The van der Waals surface area contributed by atoms with Gasteiger partial charge >= 0.3 is 0 Å². The molecular weight excluding hydrogens is 209 g/mol. The van der Waals surface area contributed by atoms with Crippen molar-refractivity contribution < 1.29 is 14.2 Å². The van der Waals surface area contributed by atoms with E-state index in [1.54, 1.807) is 18.2 Å². The molecule has 0 aromatic heterocycles. The Balaban J connectivity index is 2.28. The van der Waals surface area contributed by atoms with Crippen molar-refractivity contribution in [3.8, 4) is 5.75 Å². The van der Waals surface area contributed by atoms with Gasteiger partial charge in [-0.05, 0) is 12.1 Å². The largest absolute Gasteiger partial charge is 0.488 e. The van der Waals surface area contributed by atoms with Gasteiger partial charge in [0.15, 0.2) is 11.6 Å². The lowest BCUT2D eigenvalue weighted by atomic mass is 10.3. The van der Waals surface area contributed by atoms with Crippen LogP contribution in [0.5, 0.6) is 5.75 Å². The first kappa shape index (κ1) is 12.7. The summed E-state index contributed by atoms with van der Waals surface area (Å²) in [5.41, 5.74) is 0. The lowest BCUT2D eigenvalue weighted by Gasteiger charge is -2.12. The lowest BCUT2D eigenvalue weighted by Crippen LogP contribution is -2.31. The Hall–Kier alpha value is -1.39. The highest BCUT2D eigenvalue weighted by molar-refractivity contribution is 5.23. The van der Waals surface area contributed by atoms with Crippen molar-refractivity contribution in [1.82, 2.24) is 5.32 Å². The molecule has 0 spiro atoms. The molecule has 0 bridgehead atoms. The van der Waals surface area contributed by atoms with Gasteiger partial charge in [-0.1, -0.05) is 18.2 Å². The fourth-order valence-electron chi connectivity index (χ4n) is 1.16. The average Bonchev–Trinajstić information content (AvgIpc) is 2.28. The van der Waals surface area contributed by atoms with Crippen molar-refractivity contribution >= 4 is 0 Å². The fourth-order valence-corrected chi connectivity index (χ4v) is 1.16. The zero-order valence-electron chi connectivity index (χ0n) is 9.03. The molecule has 0 saturated heterocycles. The van der Waals surface area contributed by atoms with Crippen LogP contribution in [-0.4, -0.2) is 30.9 Å². The summed E-state index contributed by atoms with van der Waals surface area (Å²) in [5.74, 6) is -0.265. The topological polar surface area (TPSA) is 41.5 Å². The maximum absolute atomic E-state index is 13.1. The van der Waals surface area contributed by atoms with Crippen LogP contribution in [0.2, 0.25) is 0 Å². The second-order valence-corrected chi connectivity index (χ2v) is 3.34. The van der Waals surface area contributed by atoms with Gasteiger partial charge in [-0.3, -0.25) is 0 Å². The molecule has 0 aliphatic heterocycles. The summed E-state index contributed by atoms with van der Waals surface area (Å²) in [6.07, 6.45) is 1.03. The molecule has 1 unspecified atom stereocenters. The standard InChI is InChI=1S/C12H16FNO2/c1-2-7-14-8-10(15)9-16-12-6-4-3-5-11(12)13/h2-6,10,14-15H,1,7-9H2. The van der Waals surface area contributed by atoms with E-state index in [4.69, 9.17) is 4.74 Å². The van der Waals surface area contributed by atoms with Crippen LogP contribution in [0, 0.1) is 5.82 Å². The van der Waals surface area contributed by atoms with Gasteiger partial charge in [0.05, 0.1) is 0 Å². The van der Waals surface area contributed by atoms with Crippen molar-refractivity contribution in [2.75, 3.05) is 19.7 Å². The smallest absolute Gasteiger partial charge is 0.165 e. The van der Waals surface area contributed by atoms with Crippen LogP contribution in [0.25, 0.3) is 0 Å². The quantitative estimate of drug-likeness (QED) is 0.543. The molecule has 0 fully saturated rings. The first-order chi connectivity index (χ1) is 7.74. The molecule has 2 N–H and O–H groups in total. The molecule has 88 valence electrons. The van der Waals surface area contributed by atoms with E-state index in [0.29, 0.717) is 13.1 Å². The highest BCUT2D eigenvalue weighted by Gasteiger charge is 2.06. The summed E-state index contributed by atoms with van der Waals surface area (Å²) in [6, 6.07) is 6.11. The van der Waals surface area contributed by atoms with Gasteiger partial charge in [-0.15, -0.1) is 6.58 Å². The summed E-state index contributed by atoms with van der Waals surface area (Å²) < 4.78 is 18.2. The second-order valence-electron chi connectivity index (χ2n) is 3.34. The number of benzene rings is 1. The minimum atomic E-state index is -0.667. The maximum Gasteiger partial charge on any atom is 0.165 e. The Kier molecular flexibility index (Phi) is 5.53. The first-order valence-electron chi connectivity index (χ1n) is 5.11. The average molecular weight is 225 g/mol. The van der Waals surface area contributed by atoms with Gasteiger partial charge in [0.25, 0.3) is 0 Å². The molecule has 0 heterocycles. The number of nitrogens with one attached hydrogen (secondary N) is 1. The number of hydrogen-bond donors (Lipinski definition) is 2. The van der Waals surface area contributed by atoms with Crippen LogP contribution in [-0.2, 0) is 0 Å². The van der Waals surface area contributed by atoms with Gasteiger partial charge in [0.1, 0.15) is 12.7 Å². The molecule has 1 aromatic carbocycles. The Morgan fingerprint density at radius 2 is 2.25 bits per heavy atom. The number of ether oxygens (including phenoxy) is 1. The van der Waals surface area contributed by atoms with Crippen molar-refractivity contribution in [3.63, 3.8) is 0 Å². The molecule has 3 nitrogen and oxygen atoms in total. The highest BCUT2D eigenvalue weighted by Crippen LogP contribution is 2.15. The van der Waals surface area contributed by atoms with Crippen LogP contribution >= 0.6 is 0 Å². The molecule has 1 rings (SSSR count). The minimum absolute atomic E-state index is 0.0606. The number of rotatable bonds is 7. The molecule has 0 saturated carbocycles. The predicted octanol–water partition coefficient (Wildman–Crippen LogP) is 1.34. The van der Waals surface area contributed by atoms with Crippen LogP contribution in [0.15, 0.2) is 36.9 Å². The number of hydrogen-bond acceptors (Lipinski definition) is 3. The third kappa shape index (κ3) is 4.42. The maximum atomic E-state index is 13.1. The number of para-hydroxylation sites is 1. The molecular formula is C12H16FNO2. The third-order valence-electron chi connectivity index (χ3n) is 1.94. The first-order valence-corrected chi connectivity index (χ1v) is 5.11. The molecule has 0 radical (unpaired) electrons. The Morgan fingerprint density at radius 3 is 2.94 bits per heavy atom. The monoisotopic (exact) mass is 225 g/mol. The molecule has 0 amide bonds. The normalized spacial score (nSPS) is 12.1. The van der Waals surface area contributed by atoms with E-state index in [2.05, 4.69) is 11.9 Å². The number of aliphatic hydroxyl groups excluding tert-OH is 1. The Labute approximate surface area is 94.6 Å². The Bertz CT molecular complexity index is 331. The summed E-state index contributed by atoms with van der Waals surface area (Å²) in [4.78, 5) is 0. The van der Waals surface area contributed by atoms with E-state index in [1.807, 2.05) is 0 Å². The van der Waals surface area contributed by atoms with Crippen molar-refractivity contribution in [2.24, 2.45) is 0 Å². The lowest BCUT2D eigenvalue weighted by molar-refractivity contribution is 0.105. The number of aliphatic hydroxyl groups is 1. The van der Waals surface area contributed by atoms with Crippen LogP contribution in [0.1, 0.15) is 0 Å². The van der Waals surface area contributed by atoms with Gasteiger partial charge in [-0.25, -0.2) is 4.39 Å². The zero-order valence-corrected chi connectivity index (χ0v) is 9.03. The molecule has 0 aliphatic carbocycles. The van der Waals surface area contributed by atoms with E-state index in [0.717, 1.165) is 0 Å². The third-order valence-corrected chi connectivity index (χ3v) is 1.94. The SMILES string of the molecule is C=CCNCC(O)COc1ccccc1F. The fraction of sp³-hybridized carbons (Fsp3) is 0.333. The molecule has 1 aromatic rings. The van der Waals surface area contributed by atoms with E-state index in [9.17, 15) is 9.50 Å². The van der Waals surface area contributed by atoms with Crippen molar-refractivity contribution in [2.45, 2.75) is 6.10 Å². The van der Waals surface area contributed by atoms with E-state index < -0.39 is 11.9 Å². The Morgan fingerprint density at radius 1 is 1.50 bits per heavy atom. The summed E-state index contributed by atoms with van der Waals surface area (Å²) in [7, 11) is 0. The van der Waals surface area contributed by atoms with Crippen molar-refractivity contribution in [1.29, 1.82) is 0 Å². The van der Waals surface area contributed by atoms with E-state index >= 15 is 0 Å². The van der Waals surface area contributed by atoms with Crippen molar-refractivity contribution in [3.05, 3.63) is 42.7 Å². The van der Waals surface area contributed by atoms with E-state index in [1.165, 1.54) is 12.1 Å². The van der Waals surface area contributed by atoms with Gasteiger partial charge < -0.3 is 15.2 Å². The van der Waals surface area contributed by atoms with Gasteiger partial charge in [0, 0.05) is 13.1 Å². The minimum Gasteiger partial charge on any atom is -0.488 e. The van der Waals surface area contributed by atoms with Gasteiger partial charge in [0.2, 0.25) is 0 Å². The second kappa shape index (κ2) is 6.98. The van der Waals surface area contributed by atoms with Crippen LogP contribution in [0.4, 0.5) is 4.39 Å². The zero-order chi connectivity index (χ0) is 11.8. The van der Waals surface area contributed by atoms with Crippen LogP contribution < -0.4 is 10.1 Å².